The average Bonchev–Trinajstić information content (AvgIpc) is 2.79. The standard InChI is InChI=1S/C11H20N4O3PS.ClH/c1-7(2)17-19(16,18-8(3)4)10-6-20-11-14(12)9(5)13-15(10)11;/h6-8H,12H2,1-5H3;1H/q+1;/p-1. The van der Waals surface area contributed by atoms with Crippen molar-refractivity contribution in [1.82, 2.24) is 9.61 Å². The number of halogens is 1. The zero-order chi connectivity index (χ0) is 15.1. The molecular formula is C11H20ClN4O3PS. The van der Waals surface area contributed by atoms with Gasteiger partial charge >= 0.3 is 12.6 Å². The number of aryl methyl sites for hydroxylation is 1. The Morgan fingerprint density at radius 1 is 1.33 bits per heavy atom. The summed E-state index contributed by atoms with van der Waals surface area (Å²) in [5, 5.41) is 6.01. The first-order valence-electron chi connectivity index (χ1n) is 6.36. The van der Waals surface area contributed by atoms with Gasteiger partial charge in [-0.2, -0.15) is 0 Å². The van der Waals surface area contributed by atoms with Gasteiger partial charge in [-0.3, -0.25) is 10.4 Å². The lowest BCUT2D eigenvalue weighted by Gasteiger charge is -2.20. The third kappa shape index (κ3) is 3.57. The van der Waals surface area contributed by atoms with E-state index in [0.717, 1.165) is 0 Å². The van der Waals surface area contributed by atoms with Gasteiger partial charge in [0, 0.05) is 17.4 Å². The highest BCUT2D eigenvalue weighted by Gasteiger charge is 2.39. The van der Waals surface area contributed by atoms with Crippen LogP contribution in [0.5, 0.6) is 0 Å². The highest BCUT2D eigenvalue weighted by Crippen LogP contribution is 2.49. The molecular weight excluding hydrogens is 335 g/mol. The number of thiazole rings is 1. The molecule has 2 rings (SSSR count). The first kappa shape index (κ1) is 18.4. The quantitative estimate of drug-likeness (QED) is 0.396. The molecule has 0 aliphatic heterocycles. The monoisotopic (exact) mass is 354 g/mol. The number of nitrogen functional groups attached to an aromatic ring is 1. The maximum atomic E-state index is 13.1. The molecule has 0 aliphatic rings. The fourth-order valence-corrected chi connectivity index (χ4v) is 5.04. The Balaban J connectivity index is 0.00000220. The molecule has 0 atom stereocenters. The van der Waals surface area contributed by atoms with Crippen molar-refractivity contribution in [2.45, 2.75) is 46.8 Å². The Kier molecular flexibility index (Phi) is 5.80. The topological polar surface area (TPSA) is 82.7 Å². The van der Waals surface area contributed by atoms with Crippen molar-refractivity contribution < 1.29 is 30.7 Å². The first-order chi connectivity index (χ1) is 9.24. The van der Waals surface area contributed by atoms with E-state index < -0.39 is 7.60 Å². The summed E-state index contributed by atoms with van der Waals surface area (Å²) in [7, 11) is -3.45. The molecule has 0 bridgehead atoms. The molecule has 120 valence electrons. The number of nitrogens with two attached hydrogens (primary N) is 1. The van der Waals surface area contributed by atoms with Crippen molar-refractivity contribution in [3.8, 4) is 0 Å². The molecule has 0 radical (unpaired) electrons. The second kappa shape index (κ2) is 6.62. The average molecular weight is 355 g/mol. The zero-order valence-corrected chi connectivity index (χ0v) is 15.1. The third-order valence-electron chi connectivity index (χ3n) is 2.45. The fraction of sp³-hybridized carbons (Fsp3) is 0.636. The van der Waals surface area contributed by atoms with Crippen LogP contribution in [-0.2, 0) is 13.6 Å². The van der Waals surface area contributed by atoms with E-state index in [4.69, 9.17) is 14.9 Å². The number of hydrogen-bond acceptors (Lipinski definition) is 6. The van der Waals surface area contributed by atoms with Crippen molar-refractivity contribution >= 4 is 29.3 Å². The Morgan fingerprint density at radius 2 is 1.86 bits per heavy atom. The summed E-state index contributed by atoms with van der Waals surface area (Å²) in [6, 6.07) is 0. The van der Waals surface area contributed by atoms with Crippen LogP contribution in [0.25, 0.3) is 4.96 Å². The van der Waals surface area contributed by atoms with Gasteiger partial charge in [0.2, 0.25) is 5.44 Å². The van der Waals surface area contributed by atoms with Crippen LogP contribution in [0.1, 0.15) is 33.5 Å². The van der Waals surface area contributed by atoms with Gasteiger partial charge in [0.25, 0.3) is 5.82 Å². The maximum Gasteiger partial charge on any atom is 0.397 e. The summed E-state index contributed by atoms with van der Waals surface area (Å²) >= 11 is 1.35. The molecule has 2 aromatic rings. The van der Waals surface area contributed by atoms with Crippen molar-refractivity contribution in [1.29, 1.82) is 0 Å². The molecule has 0 fully saturated rings. The van der Waals surface area contributed by atoms with E-state index in [2.05, 4.69) is 5.10 Å². The van der Waals surface area contributed by atoms with Gasteiger partial charge < -0.3 is 21.5 Å². The number of rotatable bonds is 5. The normalized spacial score (nSPS) is 12.3. The van der Waals surface area contributed by atoms with Gasteiger partial charge in [-0.1, -0.05) is 15.9 Å². The molecule has 2 N–H and O–H groups in total. The molecule has 0 aliphatic carbocycles. The van der Waals surface area contributed by atoms with Gasteiger partial charge in [-0.05, 0) is 27.7 Å². The SMILES string of the molecule is Cc1nn2c(P(=O)(OC(C)C)OC(C)C)csc2[n+]1N.[Cl-]. The van der Waals surface area contributed by atoms with E-state index >= 15 is 0 Å². The summed E-state index contributed by atoms with van der Waals surface area (Å²) in [5.74, 6) is 6.49. The van der Waals surface area contributed by atoms with Crippen LogP contribution in [0.15, 0.2) is 5.38 Å². The minimum absolute atomic E-state index is 0. The van der Waals surface area contributed by atoms with Crippen molar-refractivity contribution in [2.24, 2.45) is 0 Å². The minimum atomic E-state index is -3.45. The highest BCUT2D eigenvalue weighted by atomic mass is 35.5. The van der Waals surface area contributed by atoms with Crippen LogP contribution in [0.4, 0.5) is 0 Å². The van der Waals surface area contributed by atoms with Gasteiger partial charge in [-0.15, -0.1) is 4.68 Å². The summed E-state index contributed by atoms with van der Waals surface area (Å²) < 4.78 is 27.2. The van der Waals surface area contributed by atoms with Crippen LogP contribution in [0.3, 0.4) is 0 Å². The van der Waals surface area contributed by atoms with E-state index in [1.807, 2.05) is 27.7 Å². The summed E-state index contributed by atoms with van der Waals surface area (Å²) in [4.78, 5) is 0.678. The van der Waals surface area contributed by atoms with Gasteiger partial charge in [0.05, 0.1) is 12.2 Å². The molecule has 10 heteroatoms. The zero-order valence-electron chi connectivity index (χ0n) is 12.6. The molecule has 2 aromatic heterocycles. The minimum Gasteiger partial charge on any atom is -1.00 e. The van der Waals surface area contributed by atoms with Gasteiger partial charge in [0.15, 0.2) is 0 Å². The molecule has 0 spiro atoms. The summed E-state index contributed by atoms with van der Waals surface area (Å²) in [5.41, 5.74) is 0.409. The Morgan fingerprint density at radius 3 is 2.33 bits per heavy atom. The van der Waals surface area contributed by atoms with E-state index in [1.54, 1.807) is 12.3 Å². The van der Waals surface area contributed by atoms with Crippen LogP contribution in [-0.4, -0.2) is 21.8 Å². The lowest BCUT2D eigenvalue weighted by Crippen LogP contribution is -3.00. The van der Waals surface area contributed by atoms with Crippen molar-refractivity contribution in [3.05, 3.63) is 11.2 Å². The fourth-order valence-electron chi connectivity index (χ4n) is 1.76. The Bertz CT molecular complexity index is 656. The lowest BCUT2D eigenvalue weighted by atomic mass is 10.5. The predicted molar refractivity (Wildman–Crippen MR) is 77.8 cm³/mol. The first-order valence-corrected chi connectivity index (χ1v) is 8.78. The van der Waals surface area contributed by atoms with E-state index in [1.165, 1.54) is 20.5 Å². The van der Waals surface area contributed by atoms with E-state index in [0.29, 0.717) is 16.2 Å². The predicted octanol–water partition coefficient (Wildman–Crippen LogP) is -1.62. The highest BCUT2D eigenvalue weighted by molar-refractivity contribution is 7.62. The number of aromatic nitrogens is 3. The molecule has 0 saturated heterocycles. The molecule has 0 amide bonds. The smallest absolute Gasteiger partial charge is 0.397 e. The van der Waals surface area contributed by atoms with Gasteiger partial charge in [0.1, 0.15) is 0 Å². The van der Waals surface area contributed by atoms with E-state index in [-0.39, 0.29) is 24.6 Å². The molecule has 0 saturated carbocycles. The van der Waals surface area contributed by atoms with Gasteiger partial charge in [-0.25, -0.2) is 0 Å². The number of nitrogens with zero attached hydrogens (tertiary/aromatic N) is 3. The van der Waals surface area contributed by atoms with Crippen LogP contribution >= 0.6 is 18.9 Å². The molecule has 2 heterocycles. The molecule has 0 unspecified atom stereocenters. The summed E-state index contributed by atoms with van der Waals surface area (Å²) in [6.07, 6.45) is -0.451. The van der Waals surface area contributed by atoms with Crippen molar-refractivity contribution in [3.63, 3.8) is 0 Å². The molecule has 0 aromatic carbocycles. The summed E-state index contributed by atoms with van der Waals surface area (Å²) in [6.45, 7) is 9.05. The second-order valence-electron chi connectivity index (χ2n) is 5.01. The Hall–Kier alpha value is -0.660. The lowest BCUT2D eigenvalue weighted by molar-refractivity contribution is -0.617. The van der Waals surface area contributed by atoms with Crippen LogP contribution in [0.2, 0.25) is 0 Å². The maximum absolute atomic E-state index is 13.1. The van der Waals surface area contributed by atoms with Crippen molar-refractivity contribution in [2.75, 3.05) is 5.84 Å². The molecule has 21 heavy (non-hydrogen) atoms. The van der Waals surface area contributed by atoms with E-state index in [9.17, 15) is 4.57 Å². The van der Waals surface area contributed by atoms with Crippen LogP contribution in [0, 0.1) is 6.92 Å². The van der Waals surface area contributed by atoms with Crippen LogP contribution < -0.4 is 28.4 Å². The third-order valence-corrected chi connectivity index (χ3v) is 5.82. The largest absolute Gasteiger partial charge is 1.00 e. The number of hydrogen-bond donors (Lipinski definition) is 1. The Labute approximate surface area is 134 Å². The number of fused-ring (bicyclic) bond motifs is 1. The molecule has 7 nitrogen and oxygen atoms in total. The second-order valence-corrected chi connectivity index (χ2v) is 7.72.